The van der Waals surface area contributed by atoms with Crippen LogP contribution in [-0.4, -0.2) is 17.8 Å². The minimum atomic E-state index is -0.529. The molecule has 0 radical (unpaired) electrons. The first-order chi connectivity index (χ1) is 9.22. The summed E-state index contributed by atoms with van der Waals surface area (Å²) in [5.74, 6) is -0.00240. The Morgan fingerprint density at radius 2 is 1.65 bits per heavy atom. The van der Waals surface area contributed by atoms with E-state index < -0.39 is 6.10 Å². The lowest BCUT2D eigenvalue weighted by molar-refractivity contribution is 0.158. The fourth-order valence-electron chi connectivity index (χ4n) is 2.10. The van der Waals surface area contributed by atoms with E-state index in [9.17, 15) is 5.11 Å². The van der Waals surface area contributed by atoms with E-state index >= 15 is 0 Å². The molecule has 2 aromatic rings. The number of para-hydroxylation sites is 2. The van der Waals surface area contributed by atoms with Gasteiger partial charge in [0.25, 0.3) is 0 Å². The van der Waals surface area contributed by atoms with E-state index in [1.54, 1.807) is 0 Å². The fraction of sp³-hybridized carbons (Fsp3) is 0.250. The van der Waals surface area contributed by atoms with Crippen molar-refractivity contribution in [3.8, 4) is 0 Å². The molecule has 0 aliphatic carbocycles. The first-order valence-corrected chi connectivity index (χ1v) is 6.51. The first-order valence-electron chi connectivity index (χ1n) is 6.51. The van der Waals surface area contributed by atoms with Crippen molar-refractivity contribution in [2.24, 2.45) is 5.73 Å². The normalized spacial score (nSPS) is 13.2. The lowest BCUT2D eigenvalue weighted by Gasteiger charge is -2.21. The van der Waals surface area contributed by atoms with Crippen LogP contribution in [0.15, 0.2) is 54.6 Å². The van der Waals surface area contributed by atoms with Crippen molar-refractivity contribution < 1.29 is 5.11 Å². The number of nitrogens with two attached hydrogens (primary N) is 1. The lowest BCUT2D eigenvalue weighted by atomic mass is 9.93. The van der Waals surface area contributed by atoms with Gasteiger partial charge in [0.2, 0.25) is 0 Å². The maximum absolute atomic E-state index is 9.92. The Morgan fingerprint density at radius 1 is 1.05 bits per heavy atom. The van der Waals surface area contributed by atoms with Crippen molar-refractivity contribution in [1.82, 2.24) is 0 Å². The monoisotopic (exact) mass is 292 g/mol. The predicted octanol–water partition coefficient (Wildman–Crippen LogP) is 3.28. The molecule has 2 rings (SSSR count). The summed E-state index contributed by atoms with van der Waals surface area (Å²) < 4.78 is 0. The topological polar surface area (TPSA) is 58.3 Å². The summed E-state index contributed by atoms with van der Waals surface area (Å²) >= 11 is 0. The van der Waals surface area contributed by atoms with Crippen LogP contribution in [0, 0.1) is 0 Å². The average Bonchev–Trinajstić information content (AvgIpc) is 2.47. The van der Waals surface area contributed by atoms with Crippen LogP contribution in [0.1, 0.15) is 18.4 Å². The summed E-state index contributed by atoms with van der Waals surface area (Å²) in [6, 6.07) is 18.0. The van der Waals surface area contributed by atoms with Crippen LogP contribution in [0.4, 0.5) is 11.4 Å². The second kappa shape index (κ2) is 7.90. The molecular weight excluding hydrogens is 272 g/mol. The van der Waals surface area contributed by atoms with Gasteiger partial charge in [0.1, 0.15) is 0 Å². The number of hydrogen-bond acceptors (Lipinski definition) is 3. The highest BCUT2D eigenvalue weighted by Crippen LogP contribution is 2.28. The molecule has 0 bridgehead atoms. The third-order valence-corrected chi connectivity index (χ3v) is 3.32. The van der Waals surface area contributed by atoms with Crippen molar-refractivity contribution in [2.75, 3.05) is 11.9 Å². The van der Waals surface area contributed by atoms with E-state index in [4.69, 9.17) is 5.73 Å². The van der Waals surface area contributed by atoms with E-state index in [-0.39, 0.29) is 24.9 Å². The van der Waals surface area contributed by atoms with Gasteiger partial charge in [-0.1, -0.05) is 43.3 Å². The Bertz CT molecular complexity index is 519. The molecule has 0 amide bonds. The second-order valence-electron chi connectivity index (χ2n) is 4.67. The summed E-state index contributed by atoms with van der Waals surface area (Å²) in [5.41, 5.74) is 8.66. The average molecular weight is 293 g/mol. The Balaban J connectivity index is 0.00000200. The highest BCUT2D eigenvalue weighted by Gasteiger charge is 2.17. The van der Waals surface area contributed by atoms with Crippen LogP contribution in [0.2, 0.25) is 0 Å². The number of halogens is 1. The van der Waals surface area contributed by atoms with Gasteiger partial charge in [-0.15, -0.1) is 12.4 Å². The standard InChI is InChI=1S/C16H20N2O.ClH/c1-12(16(19)11-17)14-9-5-6-10-15(14)18-13-7-3-2-4-8-13;/h2-10,12,16,18-19H,11,17H2,1H3;1H. The molecule has 0 aliphatic rings. The number of aliphatic hydroxyl groups excluding tert-OH is 1. The summed E-state index contributed by atoms with van der Waals surface area (Å²) in [5, 5.41) is 13.3. The van der Waals surface area contributed by atoms with Crippen LogP contribution >= 0.6 is 12.4 Å². The molecule has 2 aromatic carbocycles. The van der Waals surface area contributed by atoms with E-state index in [1.807, 2.05) is 61.5 Å². The van der Waals surface area contributed by atoms with Crippen LogP contribution in [0.25, 0.3) is 0 Å². The number of anilines is 2. The molecule has 0 heterocycles. The van der Waals surface area contributed by atoms with Gasteiger partial charge in [0.05, 0.1) is 6.10 Å². The quantitative estimate of drug-likeness (QED) is 0.793. The highest BCUT2D eigenvalue weighted by molar-refractivity contribution is 5.85. The van der Waals surface area contributed by atoms with Crippen molar-refractivity contribution in [1.29, 1.82) is 0 Å². The molecule has 4 N–H and O–H groups in total. The Labute approximate surface area is 126 Å². The first kappa shape index (κ1) is 16.5. The van der Waals surface area contributed by atoms with E-state index in [1.165, 1.54) is 0 Å². The van der Waals surface area contributed by atoms with E-state index in [2.05, 4.69) is 5.32 Å². The van der Waals surface area contributed by atoms with Crippen LogP contribution < -0.4 is 11.1 Å². The number of nitrogens with one attached hydrogen (secondary N) is 1. The highest BCUT2D eigenvalue weighted by atomic mass is 35.5. The van der Waals surface area contributed by atoms with Crippen molar-refractivity contribution in [3.05, 3.63) is 60.2 Å². The number of benzene rings is 2. The number of aliphatic hydroxyl groups is 1. The molecule has 2 unspecified atom stereocenters. The van der Waals surface area contributed by atoms with Gasteiger partial charge in [-0.05, 0) is 23.8 Å². The number of rotatable bonds is 5. The summed E-state index contributed by atoms with van der Waals surface area (Å²) in [6.45, 7) is 2.25. The van der Waals surface area contributed by atoms with Gasteiger partial charge in [-0.25, -0.2) is 0 Å². The summed E-state index contributed by atoms with van der Waals surface area (Å²) in [6.07, 6.45) is -0.529. The zero-order valence-corrected chi connectivity index (χ0v) is 12.3. The maximum atomic E-state index is 9.92. The summed E-state index contributed by atoms with van der Waals surface area (Å²) in [4.78, 5) is 0. The molecule has 0 saturated carbocycles. The van der Waals surface area contributed by atoms with Crippen molar-refractivity contribution >= 4 is 23.8 Å². The predicted molar refractivity (Wildman–Crippen MR) is 86.9 cm³/mol. The molecule has 3 nitrogen and oxygen atoms in total. The third-order valence-electron chi connectivity index (χ3n) is 3.32. The third kappa shape index (κ3) is 3.97. The Kier molecular flexibility index (Phi) is 6.52. The summed E-state index contributed by atoms with van der Waals surface area (Å²) in [7, 11) is 0. The molecule has 108 valence electrons. The molecule has 0 saturated heterocycles. The minimum absolute atomic E-state index is 0. The zero-order chi connectivity index (χ0) is 13.7. The SMILES string of the molecule is CC(c1ccccc1Nc1ccccc1)C(O)CN.Cl. The minimum Gasteiger partial charge on any atom is -0.391 e. The molecule has 20 heavy (non-hydrogen) atoms. The molecule has 0 spiro atoms. The Hall–Kier alpha value is -1.55. The fourth-order valence-corrected chi connectivity index (χ4v) is 2.10. The van der Waals surface area contributed by atoms with Crippen LogP contribution in [-0.2, 0) is 0 Å². The van der Waals surface area contributed by atoms with Gasteiger partial charge in [0, 0.05) is 23.8 Å². The van der Waals surface area contributed by atoms with Crippen LogP contribution in [0.5, 0.6) is 0 Å². The largest absolute Gasteiger partial charge is 0.391 e. The van der Waals surface area contributed by atoms with E-state index in [0.29, 0.717) is 0 Å². The van der Waals surface area contributed by atoms with Gasteiger partial charge in [-0.3, -0.25) is 0 Å². The van der Waals surface area contributed by atoms with Gasteiger partial charge < -0.3 is 16.2 Å². The van der Waals surface area contributed by atoms with Crippen molar-refractivity contribution in [2.45, 2.75) is 18.9 Å². The lowest BCUT2D eigenvalue weighted by Crippen LogP contribution is -2.26. The Morgan fingerprint density at radius 3 is 2.30 bits per heavy atom. The van der Waals surface area contributed by atoms with Crippen molar-refractivity contribution in [3.63, 3.8) is 0 Å². The molecule has 4 heteroatoms. The van der Waals surface area contributed by atoms with E-state index in [0.717, 1.165) is 16.9 Å². The van der Waals surface area contributed by atoms with Gasteiger partial charge in [0.15, 0.2) is 0 Å². The molecule has 0 aliphatic heterocycles. The maximum Gasteiger partial charge on any atom is 0.0728 e. The molecule has 0 fully saturated rings. The smallest absolute Gasteiger partial charge is 0.0728 e. The number of hydrogen-bond donors (Lipinski definition) is 3. The second-order valence-corrected chi connectivity index (χ2v) is 4.67. The van der Waals surface area contributed by atoms with Gasteiger partial charge in [-0.2, -0.15) is 0 Å². The molecule has 2 atom stereocenters. The molecular formula is C16H21ClN2O. The van der Waals surface area contributed by atoms with Gasteiger partial charge >= 0.3 is 0 Å². The molecule has 0 aromatic heterocycles. The van der Waals surface area contributed by atoms with Crippen LogP contribution in [0.3, 0.4) is 0 Å². The zero-order valence-electron chi connectivity index (χ0n) is 11.5.